The second-order valence-electron chi connectivity index (χ2n) is 8.01. The summed E-state index contributed by atoms with van der Waals surface area (Å²) in [4.78, 5) is 22.5. The molecule has 0 aromatic heterocycles. The lowest BCUT2D eigenvalue weighted by Crippen LogP contribution is -2.23. The molecule has 0 saturated carbocycles. The highest BCUT2D eigenvalue weighted by molar-refractivity contribution is 5.31. The van der Waals surface area contributed by atoms with Crippen LogP contribution in [0.4, 0.5) is 0 Å². The van der Waals surface area contributed by atoms with Crippen molar-refractivity contribution in [3.05, 3.63) is 35.4 Å². The Morgan fingerprint density at radius 2 is 1.04 bits per heavy atom. The number of rotatable bonds is 8. The van der Waals surface area contributed by atoms with Gasteiger partial charge in [0, 0.05) is 0 Å². The van der Waals surface area contributed by atoms with Gasteiger partial charge in [-0.25, -0.2) is 19.6 Å². The third-order valence-electron chi connectivity index (χ3n) is 3.26. The van der Waals surface area contributed by atoms with Crippen molar-refractivity contribution in [1.29, 1.82) is 0 Å². The molecule has 0 aliphatic rings. The quantitative estimate of drug-likeness (QED) is 0.425. The van der Waals surface area contributed by atoms with Gasteiger partial charge in [-0.15, -0.1) is 0 Å². The topological polar surface area (TPSA) is 36.9 Å². The average Bonchev–Trinajstić information content (AvgIpc) is 2.47. The summed E-state index contributed by atoms with van der Waals surface area (Å²) in [5, 5.41) is 0. The lowest BCUT2D eigenvalue weighted by Gasteiger charge is -2.27. The molecule has 4 nitrogen and oxygen atoms in total. The van der Waals surface area contributed by atoms with E-state index in [1.165, 1.54) is 0 Å². The summed E-state index contributed by atoms with van der Waals surface area (Å²) < 4.78 is 0. The second-order valence-corrected chi connectivity index (χ2v) is 8.01. The Morgan fingerprint density at radius 1 is 0.708 bits per heavy atom. The number of hydrogen-bond donors (Lipinski definition) is 0. The molecule has 0 aliphatic carbocycles. The van der Waals surface area contributed by atoms with Gasteiger partial charge < -0.3 is 0 Å². The molecule has 0 bridgehead atoms. The Kier molecular flexibility index (Phi) is 7.87. The first-order valence-electron chi connectivity index (χ1n) is 8.85. The van der Waals surface area contributed by atoms with Crippen LogP contribution in [0.1, 0.15) is 91.6 Å². The maximum atomic E-state index is 5.73. The summed E-state index contributed by atoms with van der Waals surface area (Å²) >= 11 is 0. The third kappa shape index (κ3) is 7.31. The fourth-order valence-electron chi connectivity index (χ4n) is 2.18. The zero-order chi connectivity index (χ0) is 18.4. The van der Waals surface area contributed by atoms with E-state index in [0.717, 1.165) is 24.0 Å². The third-order valence-corrected chi connectivity index (χ3v) is 3.26. The first-order chi connectivity index (χ1) is 11.1. The minimum Gasteiger partial charge on any atom is -0.230 e. The van der Waals surface area contributed by atoms with Gasteiger partial charge in [0.25, 0.3) is 0 Å². The summed E-state index contributed by atoms with van der Waals surface area (Å²) in [5.74, 6) is 0. The van der Waals surface area contributed by atoms with Crippen molar-refractivity contribution in [2.24, 2.45) is 0 Å². The van der Waals surface area contributed by atoms with Crippen LogP contribution in [0.3, 0.4) is 0 Å². The summed E-state index contributed by atoms with van der Waals surface area (Å²) in [6.07, 6.45) is 1.33. The summed E-state index contributed by atoms with van der Waals surface area (Å²) in [7, 11) is 0. The zero-order valence-corrected chi connectivity index (χ0v) is 16.5. The van der Waals surface area contributed by atoms with Crippen molar-refractivity contribution < 1.29 is 19.6 Å². The van der Waals surface area contributed by atoms with Gasteiger partial charge in [0.1, 0.15) is 12.2 Å². The molecule has 0 spiro atoms. The van der Waals surface area contributed by atoms with E-state index < -0.39 is 0 Å². The molecule has 0 amide bonds. The monoisotopic (exact) mass is 338 g/mol. The smallest absolute Gasteiger partial charge is 0.118 e. The molecule has 0 radical (unpaired) electrons. The molecular weight excluding hydrogens is 304 g/mol. The van der Waals surface area contributed by atoms with Crippen LogP contribution >= 0.6 is 0 Å². The van der Waals surface area contributed by atoms with Crippen LogP contribution in [0.25, 0.3) is 0 Å². The molecule has 1 aromatic rings. The van der Waals surface area contributed by atoms with Gasteiger partial charge >= 0.3 is 0 Å². The Bertz CT molecular complexity index is 440. The van der Waals surface area contributed by atoms with E-state index >= 15 is 0 Å². The van der Waals surface area contributed by atoms with E-state index in [9.17, 15) is 0 Å². The van der Waals surface area contributed by atoms with Gasteiger partial charge in [0.05, 0.1) is 11.2 Å². The van der Waals surface area contributed by atoms with Gasteiger partial charge in [0.15, 0.2) is 0 Å². The van der Waals surface area contributed by atoms with Gasteiger partial charge in [-0.05, 0) is 65.5 Å². The molecule has 0 heterocycles. The molecule has 0 fully saturated rings. The van der Waals surface area contributed by atoms with Crippen LogP contribution in [0.5, 0.6) is 0 Å². The summed E-state index contributed by atoms with van der Waals surface area (Å²) in [6.45, 7) is 16.0. The highest BCUT2D eigenvalue weighted by Crippen LogP contribution is 2.33. The normalized spacial score (nSPS) is 15.3. The largest absolute Gasteiger partial charge is 0.230 e. The van der Waals surface area contributed by atoms with Gasteiger partial charge in [-0.2, -0.15) is 0 Å². The number of benzene rings is 1. The minimum atomic E-state index is -0.349. The SMILES string of the molecule is CCC(OOC(C)(C)C)c1ccccc1C(CC)OOC(C)(C)C. The molecule has 0 aliphatic heterocycles. The fourth-order valence-corrected chi connectivity index (χ4v) is 2.18. The lowest BCUT2D eigenvalue weighted by molar-refractivity contribution is -0.381. The molecular formula is C20H34O4. The number of hydrogen-bond acceptors (Lipinski definition) is 4. The van der Waals surface area contributed by atoms with Crippen molar-refractivity contribution in [2.75, 3.05) is 0 Å². The van der Waals surface area contributed by atoms with Gasteiger partial charge in [0.2, 0.25) is 0 Å². The molecule has 0 saturated heterocycles. The molecule has 4 heteroatoms. The average molecular weight is 338 g/mol. The first-order valence-corrected chi connectivity index (χ1v) is 8.85. The van der Waals surface area contributed by atoms with E-state index in [4.69, 9.17) is 19.6 Å². The highest BCUT2D eigenvalue weighted by atomic mass is 17.2. The van der Waals surface area contributed by atoms with E-state index in [2.05, 4.69) is 26.0 Å². The Balaban J connectivity index is 2.98. The molecule has 1 rings (SSSR count). The molecule has 24 heavy (non-hydrogen) atoms. The lowest BCUT2D eigenvalue weighted by atomic mass is 9.96. The first kappa shape index (κ1) is 21.1. The predicted octanol–water partition coefficient (Wildman–Crippen LogP) is 6.08. The van der Waals surface area contributed by atoms with Crippen LogP contribution in [-0.4, -0.2) is 11.2 Å². The van der Waals surface area contributed by atoms with E-state index in [1.54, 1.807) is 0 Å². The Labute approximate surface area is 147 Å². The summed E-state index contributed by atoms with van der Waals surface area (Å²) in [5.41, 5.74) is 1.46. The van der Waals surface area contributed by atoms with Crippen molar-refractivity contribution in [3.8, 4) is 0 Å². The van der Waals surface area contributed by atoms with E-state index in [-0.39, 0.29) is 23.4 Å². The molecule has 2 unspecified atom stereocenters. The van der Waals surface area contributed by atoms with Crippen LogP contribution in [0, 0.1) is 0 Å². The van der Waals surface area contributed by atoms with Crippen LogP contribution in [0.2, 0.25) is 0 Å². The fraction of sp³-hybridized carbons (Fsp3) is 0.700. The van der Waals surface area contributed by atoms with E-state index in [0.29, 0.717) is 0 Å². The predicted molar refractivity (Wildman–Crippen MR) is 96.4 cm³/mol. The highest BCUT2D eigenvalue weighted by Gasteiger charge is 2.24. The molecule has 0 N–H and O–H groups in total. The van der Waals surface area contributed by atoms with Crippen LogP contribution in [0.15, 0.2) is 24.3 Å². The van der Waals surface area contributed by atoms with Crippen LogP contribution < -0.4 is 0 Å². The molecule has 2 atom stereocenters. The van der Waals surface area contributed by atoms with Crippen molar-refractivity contribution in [2.45, 2.75) is 91.6 Å². The minimum absolute atomic E-state index is 0.146. The van der Waals surface area contributed by atoms with Gasteiger partial charge in [-0.1, -0.05) is 38.1 Å². The second kappa shape index (κ2) is 8.95. The van der Waals surface area contributed by atoms with Crippen molar-refractivity contribution in [3.63, 3.8) is 0 Å². The maximum Gasteiger partial charge on any atom is 0.118 e. The molecule has 138 valence electrons. The zero-order valence-electron chi connectivity index (χ0n) is 16.5. The van der Waals surface area contributed by atoms with E-state index in [1.807, 2.05) is 53.7 Å². The Hall–Kier alpha value is -0.940. The van der Waals surface area contributed by atoms with Crippen LogP contribution in [-0.2, 0) is 19.6 Å². The Morgan fingerprint density at radius 3 is 1.29 bits per heavy atom. The van der Waals surface area contributed by atoms with Gasteiger partial charge in [-0.3, -0.25) is 0 Å². The maximum absolute atomic E-state index is 5.73. The standard InChI is InChI=1S/C20H34O4/c1-9-17(21-23-19(3,4)5)15-13-11-12-14-16(15)18(10-2)22-24-20(6,7)8/h11-14,17-18H,9-10H2,1-8H3. The molecule has 1 aromatic carbocycles. The van der Waals surface area contributed by atoms with Crippen molar-refractivity contribution in [1.82, 2.24) is 0 Å². The summed E-state index contributed by atoms with van der Waals surface area (Å²) in [6, 6.07) is 8.16. The van der Waals surface area contributed by atoms with Crippen molar-refractivity contribution >= 4 is 0 Å².